The Labute approximate surface area is 204 Å². The minimum Gasteiger partial charge on any atom is -0.394 e. The van der Waals surface area contributed by atoms with Gasteiger partial charge in [-0.15, -0.1) is 0 Å². The second-order valence-corrected chi connectivity index (χ2v) is 10.4. The van der Waals surface area contributed by atoms with Crippen molar-refractivity contribution in [3.05, 3.63) is 0 Å². The van der Waals surface area contributed by atoms with Crippen LogP contribution in [0.3, 0.4) is 0 Å². The van der Waals surface area contributed by atoms with Gasteiger partial charge in [0, 0.05) is 20.1 Å². The normalized spacial score (nSPS) is 53.2. The van der Waals surface area contributed by atoms with E-state index >= 15 is 0 Å². The number of hydrogen-bond acceptors (Lipinski definition) is 12. The zero-order chi connectivity index (χ0) is 25.4. The van der Waals surface area contributed by atoms with E-state index in [2.05, 4.69) is 0 Å². The van der Waals surface area contributed by atoms with E-state index in [0.717, 1.165) is 0 Å². The van der Waals surface area contributed by atoms with Crippen LogP contribution in [0, 0.1) is 11.8 Å². The molecule has 4 aliphatic rings. The summed E-state index contributed by atoms with van der Waals surface area (Å²) < 4.78 is 29.2. The molecule has 4 rings (SSSR count). The van der Waals surface area contributed by atoms with Crippen molar-refractivity contribution >= 4 is 0 Å². The highest BCUT2D eigenvalue weighted by Gasteiger charge is 2.52. The molecular formula is C23H40O12. The maximum Gasteiger partial charge on any atom is 0.187 e. The summed E-state index contributed by atoms with van der Waals surface area (Å²) in [6, 6.07) is 0. The Morgan fingerprint density at radius 3 is 1.97 bits per heavy atom. The first-order valence-corrected chi connectivity index (χ1v) is 12.4. The molecule has 0 bridgehead atoms. The smallest absolute Gasteiger partial charge is 0.187 e. The van der Waals surface area contributed by atoms with Gasteiger partial charge in [-0.1, -0.05) is 0 Å². The van der Waals surface area contributed by atoms with Crippen LogP contribution in [-0.4, -0.2) is 136 Å². The van der Waals surface area contributed by atoms with E-state index in [4.69, 9.17) is 23.7 Å². The second-order valence-electron chi connectivity index (χ2n) is 10.4. The number of aliphatic hydroxyl groups excluding tert-OH is 7. The van der Waals surface area contributed by atoms with Crippen LogP contribution in [0.4, 0.5) is 0 Å². The molecule has 8 unspecified atom stereocenters. The third-order valence-electron chi connectivity index (χ3n) is 8.25. The molecule has 204 valence electrons. The lowest BCUT2D eigenvalue weighted by molar-refractivity contribution is -0.334. The van der Waals surface area contributed by atoms with Crippen LogP contribution in [0.1, 0.15) is 32.1 Å². The van der Waals surface area contributed by atoms with Gasteiger partial charge in [0.2, 0.25) is 0 Å². The summed E-state index contributed by atoms with van der Waals surface area (Å²) in [6.07, 6.45) is -10.4. The largest absolute Gasteiger partial charge is 0.394 e. The monoisotopic (exact) mass is 508 g/mol. The van der Waals surface area contributed by atoms with Crippen molar-refractivity contribution in [2.75, 3.05) is 20.8 Å². The van der Waals surface area contributed by atoms with Crippen LogP contribution in [0.2, 0.25) is 0 Å². The van der Waals surface area contributed by atoms with Gasteiger partial charge in [0.25, 0.3) is 0 Å². The highest BCUT2D eigenvalue weighted by atomic mass is 16.7. The molecule has 0 aromatic carbocycles. The molecule has 12 heteroatoms. The molecule has 2 saturated carbocycles. The Balaban J connectivity index is 1.58. The summed E-state index contributed by atoms with van der Waals surface area (Å²) in [5, 5.41) is 71.8. The standard InChI is InChI=1S/C23H40O12/c1-31-14-3-9(4-15(32-2)18(14)27)22-16(7-11-12(26)5-10(25)6-13(11)33-22)34-23-21(30)20(29)19(28)17(8-24)35-23/h9-30H,3-8H2,1-2H3/t9?,10?,11?,12?,13?,14?,15?,16?,17-,18?,19-,20+,21-,22?,23+/m1/s1. The van der Waals surface area contributed by atoms with Crippen molar-refractivity contribution < 1.29 is 59.4 Å². The molecule has 2 aliphatic carbocycles. The fourth-order valence-corrected chi connectivity index (χ4v) is 6.25. The molecule has 35 heavy (non-hydrogen) atoms. The molecule has 13 atom stereocenters. The molecule has 0 amide bonds. The SMILES string of the molecule is COC1CC(C2OC3CC(O)CC(O)C3CC2O[C@H]2O[C@H](CO)[C@@H](O)[C@H](O)[C@H]2O)CC(OC)C1O. The molecule has 0 aromatic rings. The lowest BCUT2D eigenvalue weighted by atomic mass is 9.72. The van der Waals surface area contributed by atoms with Gasteiger partial charge in [-0.05, 0) is 38.0 Å². The Morgan fingerprint density at radius 2 is 1.37 bits per heavy atom. The van der Waals surface area contributed by atoms with E-state index in [0.29, 0.717) is 25.7 Å². The molecule has 0 radical (unpaired) electrons. The van der Waals surface area contributed by atoms with Crippen LogP contribution >= 0.6 is 0 Å². The van der Waals surface area contributed by atoms with Gasteiger partial charge in [-0.25, -0.2) is 0 Å². The fraction of sp³-hybridized carbons (Fsp3) is 1.00. The number of fused-ring (bicyclic) bond motifs is 1. The highest BCUT2D eigenvalue weighted by Crippen LogP contribution is 2.44. The summed E-state index contributed by atoms with van der Waals surface area (Å²) in [6.45, 7) is -0.581. The van der Waals surface area contributed by atoms with Crippen molar-refractivity contribution in [3.63, 3.8) is 0 Å². The summed E-state index contributed by atoms with van der Waals surface area (Å²) in [4.78, 5) is 0. The summed E-state index contributed by atoms with van der Waals surface area (Å²) in [5.74, 6) is -0.518. The van der Waals surface area contributed by atoms with Crippen molar-refractivity contribution in [2.24, 2.45) is 11.8 Å². The Hall–Kier alpha value is -0.480. The third-order valence-corrected chi connectivity index (χ3v) is 8.25. The number of aliphatic hydroxyl groups is 7. The van der Waals surface area contributed by atoms with Gasteiger partial charge in [0.05, 0.1) is 49.3 Å². The molecule has 2 heterocycles. The van der Waals surface area contributed by atoms with E-state index in [1.165, 1.54) is 14.2 Å². The van der Waals surface area contributed by atoms with Gasteiger partial charge >= 0.3 is 0 Å². The van der Waals surface area contributed by atoms with Crippen molar-refractivity contribution in [1.29, 1.82) is 0 Å². The van der Waals surface area contributed by atoms with Crippen LogP contribution < -0.4 is 0 Å². The van der Waals surface area contributed by atoms with Crippen molar-refractivity contribution in [3.8, 4) is 0 Å². The molecule has 0 aromatic heterocycles. The highest BCUT2D eigenvalue weighted by molar-refractivity contribution is 5.00. The van der Waals surface area contributed by atoms with Gasteiger partial charge < -0.3 is 59.4 Å². The predicted molar refractivity (Wildman–Crippen MR) is 117 cm³/mol. The molecule has 2 aliphatic heterocycles. The number of hydrogen-bond donors (Lipinski definition) is 7. The van der Waals surface area contributed by atoms with E-state index < -0.39 is 86.1 Å². The zero-order valence-electron chi connectivity index (χ0n) is 20.1. The van der Waals surface area contributed by atoms with Crippen LogP contribution in [-0.2, 0) is 23.7 Å². The molecule has 2 saturated heterocycles. The average molecular weight is 509 g/mol. The molecule has 12 nitrogen and oxygen atoms in total. The zero-order valence-corrected chi connectivity index (χ0v) is 20.1. The van der Waals surface area contributed by atoms with Crippen LogP contribution in [0.5, 0.6) is 0 Å². The predicted octanol–water partition coefficient (Wildman–Crippen LogP) is -2.74. The van der Waals surface area contributed by atoms with Crippen LogP contribution in [0.15, 0.2) is 0 Å². The van der Waals surface area contributed by atoms with Gasteiger partial charge in [-0.3, -0.25) is 0 Å². The molecule has 4 fully saturated rings. The summed E-state index contributed by atoms with van der Waals surface area (Å²) >= 11 is 0. The number of methoxy groups -OCH3 is 2. The van der Waals surface area contributed by atoms with E-state index in [9.17, 15) is 35.7 Å². The quantitative estimate of drug-likeness (QED) is 0.196. The summed E-state index contributed by atoms with van der Waals surface area (Å²) in [7, 11) is 3.02. The minimum absolute atomic E-state index is 0.194. The lowest BCUT2D eigenvalue weighted by Crippen LogP contribution is -2.62. The lowest BCUT2D eigenvalue weighted by Gasteiger charge is -2.51. The number of ether oxygens (including phenoxy) is 5. The third kappa shape index (κ3) is 5.54. The first kappa shape index (κ1) is 27.6. The van der Waals surface area contributed by atoms with Gasteiger partial charge in [-0.2, -0.15) is 0 Å². The van der Waals surface area contributed by atoms with Gasteiger partial charge in [0.1, 0.15) is 30.5 Å². The molecular weight excluding hydrogens is 468 g/mol. The van der Waals surface area contributed by atoms with E-state index in [1.54, 1.807) is 0 Å². The maximum atomic E-state index is 10.6. The fourth-order valence-electron chi connectivity index (χ4n) is 6.25. The van der Waals surface area contributed by atoms with Crippen molar-refractivity contribution in [1.82, 2.24) is 0 Å². The van der Waals surface area contributed by atoms with E-state index in [1.807, 2.05) is 0 Å². The first-order valence-electron chi connectivity index (χ1n) is 12.4. The second kappa shape index (κ2) is 11.5. The first-order chi connectivity index (χ1) is 16.7. The number of rotatable bonds is 6. The molecule has 0 spiro atoms. The van der Waals surface area contributed by atoms with Gasteiger partial charge in [0.15, 0.2) is 6.29 Å². The topological polar surface area (TPSA) is 188 Å². The summed E-state index contributed by atoms with van der Waals surface area (Å²) in [5.41, 5.74) is 0. The van der Waals surface area contributed by atoms with Crippen LogP contribution in [0.25, 0.3) is 0 Å². The molecule has 7 N–H and O–H groups in total. The van der Waals surface area contributed by atoms with Crippen molar-refractivity contribution in [2.45, 2.75) is 112 Å². The van der Waals surface area contributed by atoms with E-state index in [-0.39, 0.29) is 18.3 Å². The Bertz CT molecular complexity index is 667. The average Bonchev–Trinajstić information content (AvgIpc) is 2.84. The minimum atomic E-state index is -1.59. The Kier molecular flexibility index (Phi) is 9.05. The Morgan fingerprint density at radius 1 is 0.714 bits per heavy atom. The maximum absolute atomic E-state index is 10.6.